The summed E-state index contributed by atoms with van der Waals surface area (Å²) in [6, 6.07) is 14.5. The Hall–Kier alpha value is -2.02. The predicted octanol–water partition coefficient (Wildman–Crippen LogP) is 5.42. The van der Waals surface area contributed by atoms with E-state index in [1.807, 2.05) is 41.3 Å². The van der Waals surface area contributed by atoms with Crippen molar-refractivity contribution in [1.29, 1.82) is 0 Å². The SMILES string of the molecule is Cc1cc(N2C(=S)N[C@@H](c3ccccn3)[C@@H]2c2ccc(Cl)s2)ccc1F. The van der Waals surface area contributed by atoms with Gasteiger partial charge in [-0.1, -0.05) is 17.7 Å². The normalized spacial score (nSPS) is 19.7. The molecule has 0 amide bonds. The first-order valence-electron chi connectivity index (χ1n) is 8.06. The number of benzene rings is 1. The molecule has 7 heteroatoms. The zero-order chi connectivity index (χ0) is 18.3. The molecule has 26 heavy (non-hydrogen) atoms. The average Bonchev–Trinajstić information content (AvgIpc) is 3.21. The fraction of sp³-hybridized carbons (Fsp3) is 0.158. The van der Waals surface area contributed by atoms with Gasteiger partial charge in [-0.05, 0) is 67.2 Å². The molecule has 0 spiro atoms. The van der Waals surface area contributed by atoms with Gasteiger partial charge in [-0.15, -0.1) is 11.3 Å². The molecule has 3 aromatic rings. The number of halogens is 2. The molecule has 0 aliphatic carbocycles. The van der Waals surface area contributed by atoms with Crippen molar-refractivity contribution in [2.45, 2.75) is 19.0 Å². The van der Waals surface area contributed by atoms with Gasteiger partial charge >= 0.3 is 0 Å². The molecule has 0 bridgehead atoms. The van der Waals surface area contributed by atoms with E-state index in [1.165, 1.54) is 17.4 Å². The van der Waals surface area contributed by atoms with Crippen LogP contribution < -0.4 is 10.2 Å². The van der Waals surface area contributed by atoms with E-state index >= 15 is 0 Å². The van der Waals surface area contributed by atoms with Crippen LogP contribution in [0.1, 0.15) is 28.2 Å². The highest BCUT2D eigenvalue weighted by molar-refractivity contribution is 7.80. The van der Waals surface area contributed by atoms with Crippen molar-refractivity contribution in [2.24, 2.45) is 0 Å². The van der Waals surface area contributed by atoms with Crippen LogP contribution in [-0.4, -0.2) is 10.1 Å². The smallest absolute Gasteiger partial charge is 0.174 e. The van der Waals surface area contributed by atoms with Crippen molar-refractivity contribution in [3.8, 4) is 0 Å². The van der Waals surface area contributed by atoms with Gasteiger partial charge in [-0.25, -0.2) is 4.39 Å². The first-order chi connectivity index (χ1) is 12.5. The molecule has 1 saturated heterocycles. The maximum atomic E-state index is 13.8. The molecule has 1 fully saturated rings. The zero-order valence-electron chi connectivity index (χ0n) is 13.8. The zero-order valence-corrected chi connectivity index (χ0v) is 16.2. The van der Waals surface area contributed by atoms with Crippen molar-refractivity contribution in [1.82, 2.24) is 10.3 Å². The molecule has 0 unspecified atom stereocenters. The summed E-state index contributed by atoms with van der Waals surface area (Å²) in [5, 5.41) is 3.96. The van der Waals surface area contributed by atoms with E-state index in [0.29, 0.717) is 15.0 Å². The minimum absolute atomic E-state index is 0.111. The number of anilines is 1. The van der Waals surface area contributed by atoms with Gasteiger partial charge in [0, 0.05) is 16.8 Å². The van der Waals surface area contributed by atoms with Crippen LogP contribution in [0.4, 0.5) is 10.1 Å². The van der Waals surface area contributed by atoms with Crippen LogP contribution in [0.25, 0.3) is 0 Å². The van der Waals surface area contributed by atoms with Gasteiger partial charge in [-0.2, -0.15) is 0 Å². The molecule has 0 radical (unpaired) electrons. The molecule has 2 aromatic heterocycles. The van der Waals surface area contributed by atoms with Crippen molar-refractivity contribution in [3.05, 3.63) is 81.0 Å². The van der Waals surface area contributed by atoms with Gasteiger partial charge in [0.15, 0.2) is 5.11 Å². The van der Waals surface area contributed by atoms with E-state index in [2.05, 4.69) is 10.3 Å². The fourth-order valence-corrected chi connectivity index (χ4v) is 4.72. The molecule has 1 N–H and O–H groups in total. The molecule has 4 rings (SSSR count). The summed E-state index contributed by atoms with van der Waals surface area (Å²) in [6.07, 6.45) is 1.77. The van der Waals surface area contributed by atoms with E-state index in [-0.39, 0.29) is 17.9 Å². The molecule has 1 aromatic carbocycles. The summed E-state index contributed by atoms with van der Waals surface area (Å²) in [5.74, 6) is -0.233. The third-order valence-electron chi connectivity index (χ3n) is 4.40. The molecule has 1 aliphatic heterocycles. The lowest BCUT2D eigenvalue weighted by atomic mass is 10.0. The van der Waals surface area contributed by atoms with Crippen molar-refractivity contribution < 1.29 is 4.39 Å². The number of aromatic nitrogens is 1. The Morgan fingerprint density at radius 1 is 1.23 bits per heavy atom. The summed E-state index contributed by atoms with van der Waals surface area (Å²) in [5.41, 5.74) is 2.31. The van der Waals surface area contributed by atoms with E-state index < -0.39 is 0 Å². The number of pyridine rings is 1. The predicted molar refractivity (Wildman–Crippen MR) is 108 cm³/mol. The van der Waals surface area contributed by atoms with Crippen LogP contribution in [-0.2, 0) is 0 Å². The van der Waals surface area contributed by atoms with Crippen LogP contribution in [0, 0.1) is 12.7 Å². The highest BCUT2D eigenvalue weighted by Crippen LogP contribution is 2.44. The van der Waals surface area contributed by atoms with Crippen molar-refractivity contribution >= 4 is 46.0 Å². The highest BCUT2D eigenvalue weighted by Gasteiger charge is 2.41. The van der Waals surface area contributed by atoms with E-state index in [0.717, 1.165) is 16.3 Å². The molecule has 0 saturated carbocycles. The Labute approximate surface area is 165 Å². The van der Waals surface area contributed by atoms with Gasteiger partial charge < -0.3 is 10.2 Å². The Balaban J connectivity index is 1.83. The van der Waals surface area contributed by atoms with Crippen LogP contribution in [0.15, 0.2) is 54.7 Å². The van der Waals surface area contributed by atoms with Crippen LogP contribution in [0.3, 0.4) is 0 Å². The quantitative estimate of drug-likeness (QED) is 0.591. The van der Waals surface area contributed by atoms with Crippen LogP contribution in [0.2, 0.25) is 4.34 Å². The third-order valence-corrected chi connectivity index (χ3v) is 6.02. The molecule has 3 heterocycles. The lowest BCUT2D eigenvalue weighted by molar-refractivity contribution is 0.574. The first-order valence-corrected chi connectivity index (χ1v) is 9.67. The number of thiocarbonyl (C=S) groups is 1. The Morgan fingerprint density at radius 2 is 2.08 bits per heavy atom. The topological polar surface area (TPSA) is 28.2 Å². The third kappa shape index (κ3) is 3.09. The first kappa shape index (κ1) is 17.4. The number of hydrogen-bond donors (Lipinski definition) is 1. The summed E-state index contributed by atoms with van der Waals surface area (Å²) < 4.78 is 14.5. The van der Waals surface area contributed by atoms with Gasteiger partial charge in [0.05, 0.1) is 22.1 Å². The van der Waals surface area contributed by atoms with Crippen LogP contribution >= 0.6 is 35.2 Å². The molecular weight excluding hydrogens is 389 g/mol. The Morgan fingerprint density at radius 3 is 2.73 bits per heavy atom. The maximum Gasteiger partial charge on any atom is 0.174 e. The molecular formula is C19H15ClFN3S2. The standard InChI is InChI=1S/C19H15ClFN3S2/c1-11-10-12(5-6-13(11)21)24-18(15-7-8-16(20)26-15)17(23-19(24)25)14-4-2-3-9-22-14/h2-10,17-18H,1H3,(H,23,25)/t17-,18-/m0/s1. The monoisotopic (exact) mass is 403 g/mol. The maximum absolute atomic E-state index is 13.8. The number of hydrogen-bond acceptors (Lipinski definition) is 3. The second kappa shape index (κ2) is 6.95. The van der Waals surface area contributed by atoms with E-state index in [9.17, 15) is 4.39 Å². The number of rotatable bonds is 3. The fourth-order valence-electron chi connectivity index (χ4n) is 3.19. The van der Waals surface area contributed by atoms with Crippen LogP contribution in [0.5, 0.6) is 0 Å². The number of nitrogens with zero attached hydrogens (tertiary/aromatic N) is 2. The highest BCUT2D eigenvalue weighted by atomic mass is 35.5. The Bertz CT molecular complexity index is 960. The molecule has 132 valence electrons. The largest absolute Gasteiger partial charge is 0.351 e. The molecule has 1 aliphatic rings. The van der Waals surface area contributed by atoms with Gasteiger partial charge in [0.2, 0.25) is 0 Å². The summed E-state index contributed by atoms with van der Waals surface area (Å²) >= 11 is 13.3. The lowest BCUT2D eigenvalue weighted by Gasteiger charge is -2.27. The van der Waals surface area contributed by atoms with E-state index in [4.69, 9.17) is 23.8 Å². The van der Waals surface area contributed by atoms with Gasteiger partial charge in [0.1, 0.15) is 5.82 Å². The number of thiophene rings is 1. The second-order valence-corrected chi connectivity index (χ2v) is 8.21. The Kier molecular flexibility index (Phi) is 4.65. The molecule has 3 nitrogen and oxygen atoms in total. The van der Waals surface area contributed by atoms with Gasteiger partial charge in [-0.3, -0.25) is 4.98 Å². The summed E-state index contributed by atoms with van der Waals surface area (Å²) in [4.78, 5) is 7.59. The minimum atomic E-state index is -0.233. The average molecular weight is 404 g/mol. The lowest BCUT2D eigenvalue weighted by Crippen LogP contribution is -2.29. The number of aryl methyl sites for hydroxylation is 1. The summed E-state index contributed by atoms with van der Waals surface area (Å²) in [6.45, 7) is 1.75. The van der Waals surface area contributed by atoms with E-state index in [1.54, 1.807) is 19.2 Å². The molecule has 2 atom stereocenters. The number of nitrogens with one attached hydrogen (secondary N) is 1. The van der Waals surface area contributed by atoms with Crippen molar-refractivity contribution in [3.63, 3.8) is 0 Å². The second-order valence-electron chi connectivity index (χ2n) is 6.07. The van der Waals surface area contributed by atoms with Crippen molar-refractivity contribution in [2.75, 3.05) is 4.90 Å². The van der Waals surface area contributed by atoms with Gasteiger partial charge in [0.25, 0.3) is 0 Å². The summed E-state index contributed by atoms with van der Waals surface area (Å²) in [7, 11) is 0. The minimum Gasteiger partial charge on any atom is -0.351 e.